The van der Waals surface area contributed by atoms with Crippen molar-refractivity contribution in [2.75, 3.05) is 0 Å². The van der Waals surface area contributed by atoms with E-state index in [-0.39, 0.29) is 5.91 Å². The van der Waals surface area contributed by atoms with E-state index in [4.69, 9.17) is 0 Å². The molecule has 2 aromatic rings. The maximum Gasteiger partial charge on any atom is 0.244 e. The van der Waals surface area contributed by atoms with Gasteiger partial charge in [0, 0.05) is 22.4 Å². The third-order valence-electron chi connectivity index (χ3n) is 2.47. The van der Waals surface area contributed by atoms with Crippen LogP contribution < -0.4 is 5.32 Å². The van der Waals surface area contributed by atoms with Crippen molar-refractivity contribution in [1.29, 1.82) is 0 Å². The number of rotatable bonds is 4. The van der Waals surface area contributed by atoms with Crippen molar-refractivity contribution in [2.24, 2.45) is 0 Å². The Morgan fingerprint density at radius 2 is 2.00 bits per heavy atom. The molecule has 0 spiro atoms. The maximum absolute atomic E-state index is 11.6. The first-order valence-electron chi connectivity index (χ1n) is 5.80. The smallest absolute Gasteiger partial charge is 0.244 e. The van der Waals surface area contributed by atoms with Crippen LogP contribution in [-0.2, 0) is 11.3 Å². The molecule has 1 amide bonds. The Bertz CT molecular complexity index is 543. The Balaban J connectivity index is 1.84. The molecule has 1 aromatic carbocycles. The van der Waals surface area contributed by atoms with Gasteiger partial charge in [-0.3, -0.25) is 4.79 Å². The van der Waals surface area contributed by atoms with Crippen LogP contribution in [0.3, 0.4) is 0 Å². The van der Waals surface area contributed by atoms with Crippen molar-refractivity contribution in [3.8, 4) is 0 Å². The molecule has 0 bridgehead atoms. The first kappa shape index (κ1) is 12.6. The lowest BCUT2D eigenvalue weighted by Crippen LogP contribution is -2.19. The fourth-order valence-electron chi connectivity index (χ4n) is 1.54. The first-order valence-corrected chi connectivity index (χ1v) is 6.62. The van der Waals surface area contributed by atoms with E-state index in [9.17, 15) is 4.79 Å². The highest BCUT2D eigenvalue weighted by molar-refractivity contribution is 7.12. The molecule has 3 heteroatoms. The minimum absolute atomic E-state index is 0.0649. The number of amides is 1. The molecule has 0 unspecified atom stereocenters. The minimum atomic E-state index is -0.0649. The highest BCUT2D eigenvalue weighted by Gasteiger charge is 1.97. The summed E-state index contributed by atoms with van der Waals surface area (Å²) in [6, 6.07) is 13.9. The predicted molar refractivity (Wildman–Crippen MR) is 76.4 cm³/mol. The number of aryl methyl sites for hydroxylation is 1. The van der Waals surface area contributed by atoms with E-state index in [0.717, 1.165) is 10.4 Å². The van der Waals surface area contributed by atoms with Crippen LogP contribution in [0.4, 0.5) is 0 Å². The average molecular weight is 257 g/mol. The minimum Gasteiger partial charge on any atom is -0.348 e. The van der Waals surface area contributed by atoms with Crippen molar-refractivity contribution >= 4 is 23.3 Å². The predicted octanol–water partition coefficient (Wildman–Crippen LogP) is 3.39. The van der Waals surface area contributed by atoms with Crippen LogP contribution in [0.2, 0.25) is 0 Å². The van der Waals surface area contributed by atoms with E-state index in [2.05, 4.69) is 12.2 Å². The van der Waals surface area contributed by atoms with Crippen LogP contribution in [0.5, 0.6) is 0 Å². The number of hydrogen-bond donors (Lipinski definition) is 1. The van der Waals surface area contributed by atoms with Gasteiger partial charge in [-0.1, -0.05) is 30.3 Å². The van der Waals surface area contributed by atoms with Crippen molar-refractivity contribution in [3.05, 3.63) is 63.9 Å². The SMILES string of the molecule is Cc1ccc(/C=C/C(=O)NCc2ccccc2)s1. The molecule has 2 nitrogen and oxygen atoms in total. The molecule has 0 saturated heterocycles. The Hall–Kier alpha value is -1.87. The summed E-state index contributed by atoms with van der Waals surface area (Å²) in [7, 11) is 0. The lowest BCUT2D eigenvalue weighted by atomic mass is 10.2. The molecule has 0 radical (unpaired) electrons. The summed E-state index contributed by atoms with van der Waals surface area (Å²) in [6.45, 7) is 2.62. The zero-order valence-corrected chi connectivity index (χ0v) is 11.0. The van der Waals surface area contributed by atoms with Gasteiger partial charge >= 0.3 is 0 Å². The van der Waals surface area contributed by atoms with Crippen LogP contribution in [0.15, 0.2) is 48.5 Å². The van der Waals surface area contributed by atoms with Gasteiger partial charge in [0.25, 0.3) is 0 Å². The number of carbonyl (C=O) groups excluding carboxylic acids is 1. The second kappa shape index (κ2) is 6.17. The zero-order chi connectivity index (χ0) is 12.8. The maximum atomic E-state index is 11.6. The fraction of sp³-hybridized carbons (Fsp3) is 0.133. The van der Waals surface area contributed by atoms with Crippen LogP contribution in [0.1, 0.15) is 15.3 Å². The van der Waals surface area contributed by atoms with Crippen molar-refractivity contribution in [2.45, 2.75) is 13.5 Å². The third kappa shape index (κ3) is 3.86. The van der Waals surface area contributed by atoms with Crippen LogP contribution in [-0.4, -0.2) is 5.91 Å². The van der Waals surface area contributed by atoms with E-state index >= 15 is 0 Å². The summed E-state index contributed by atoms with van der Waals surface area (Å²) in [5.74, 6) is -0.0649. The summed E-state index contributed by atoms with van der Waals surface area (Å²) in [5.41, 5.74) is 1.10. The molecule has 2 rings (SSSR count). The second-order valence-corrected chi connectivity index (χ2v) is 5.30. The fourth-order valence-corrected chi connectivity index (χ4v) is 2.32. The van der Waals surface area contributed by atoms with Gasteiger partial charge in [-0.05, 0) is 30.7 Å². The highest BCUT2D eigenvalue weighted by Crippen LogP contribution is 2.16. The Morgan fingerprint density at radius 3 is 2.67 bits per heavy atom. The van der Waals surface area contributed by atoms with E-state index in [1.165, 1.54) is 4.88 Å². The quantitative estimate of drug-likeness (QED) is 0.836. The Labute approximate surface area is 111 Å². The zero-order valence-electron chi connectivity index (χ0n) is 10.2. The van der Waals surface area contributed by atoms with Crippen LogP contribution >= 0.6 is 11.3 Å². The lowest BCUT2D eigenvalue weighted by Gasteiger charge is -2.01. The molecule has 18 heavy (non-hydrogen) atoms. The lowest BCUT2D eigenvalue weighted by molar-refractivity contribution is -0.116. The highest BCUT2D eigenvalue weighted by atomic mass is 32.1. The van der Waals surface area contributed by atoms with Crippen molar-refractivity contribution in [3.63, 3.8) is 0 Å². The molecule has 0 aliphatic heterocycles. The van der Waals surface area contributed by atoms with Crippen molar-refractivity contribution < 1.29 is 4.79 Å². The number of nitrogens with one attached hydrogen (secondary N) is 1. The first-order chi connectivity index (χ1) is 8.74. The molecule has 0 atom stereocenters. The standard InChI is InChI=1S/C15H15NOS/c1-12-7-8-14(18-12)9-10-15(17)16-11-13-5-3-2-4-6-13/h2-10H,11H2,1H3,(H,16,17)/b10-9+. The van der Waals surface area contributed by atoms with Gasteiger partial charge in [-0.2, -0.15) is 0 Å². The molecular formula is C15H15NOS. The van der Waals surface area contributed by atoms with Gasteiger partial charge in [0.1, 0.15) is 0 Å². The van der Waals surface area contributed by atoms with E-state index in [0.29, 0.717) is 6.54 Å². The number of hydrogen-bond acceptors (Lipinski definition) is 2. The van der Waals surface area contributed by atoms with Gasteiger partial charge in [0.15, 0.2) is 0 Å². The van der Waals surface area contributed by atoms with E-state index in [1.807, 2.05) is 48.5 Å². The molecule has 0 aliphatic carbocycles. The van der Waals surface area contributed by atoms with Gasteiger partial charge in [0.05, 0.1) is 0 Å². The molecule has 0 saturated carbocycles. The topological polar surface area (TPSA) is 29.1 Å². The Kier molecular flexibility index (Phi) is 4.31. The van der Waals surface area contributed by atoms with Gasteiger partial charge in [-0.15, -0.1) is 11.3 Å². The average Bonchev–Trinajstić information content (AvgIpc) is 2.81. The number of benzene rings is 1. The van der Waals surface area contributed by atoms with Crippen molar-refractivity contribution in [1.82, 2.24) is 5.32 Å². The number of thiophene rings is 1. The Morgan fingerprint density at radius 1 is 1.22 bits per heavy atom. The molecular weight excluding hydrogens is 242 g/mol. The van der Waals surface area contributed by atoms with Crippen LogP contribution in [0.25, 0.3) is 6.08 Å². The summed E-state index contributed by atoms with van der Waals surface area (Å²) in [4.78, 5) is 14.0. The largest absolute Gasteiger partial charge is 0.348 e. The monoisotopic (exact) mass is 257 g/mol. The number of carbonyl (C=O) groups is 1. The summed E-state index contributed by atoms with van der Waals surface area (Å²) in [5, 5.41) is 2.85. The normalized spacial score (nSPS) is 10.7. The second-order valence-electron chi connectivity index (χ2n) is 3.99. The molecule has 1 heterocycles. The summed E-state index contributed by atoms with van der Waals surface area (Å²) < 4.78 is 0. The molecule has 0 aliphatic rings. The van der Waals surface area contributed by atoms with E-state index < -0.39 is 0 Å². The van der Waals surface area contributed by atoms with Gasteiger partial charge in [-0.25, -0.2) is 0 Å². The molecule has 92 valence electrons. The van der Waals surface area contributed by atoms with Gasteiger partial charge in [0.2, 0.25) is 5.91 Å². The molecule has 0 fully saturated rings. The summed E-state index contributed by atoms with van der Waals surface area (Å²) >= 11 is 1.68. The molecule has 1 aromatic heterocycles. The summed E-state index contributed by atoms with van der Waals surface area (Å²) in [6.07, 6.45) is 3.42. The van der Waals surface area contributed by atoms with E-state index in [1.54, 1.807) is 17.4 Å². The van der Waals surface area contributed by atoms with Crippen LogP contribution in [0, 0.1) is 6.92 Å². The van der Waals surface area contributed by atoms with Gasteiger partial charge < -0.3 is 5.32 Å². The third-order valence-corrected chi connectivity index (χ3v) is 3.44. The molecule has 1 N–H and O–H groups in total.